The van der Waals surface area contributed by atoms with E-state index in [4.69, 9.17) is 5.73 Å². The summed E-state index contributed by atoms with van der Waals surface area (Å²) in [6, 6.07) is 7.85. The number of halogens is 1. The van der Waals surface area contributed by atoms with Crippen molar-refractivity contribution in [3.05, 3.63) is 29.8 Å². The molecule has 0 spiro atoms. The third kappa shape index (κ3) is 5.61. The predicted molar refractivity (Wildman–Crippen MR) is 82.5 cm³/mol. The maximum absolute atomic E-state index is 10.0. The molecule has 0 saturated carbocycles. The van der Waals surface area contributed by atoms with E-state index in [-0.39, 0.29) is 18.4 Å². The molecule has 1 aromatic carbocycles. The van der Waals surface area contributed by atoms with Gasteiger partial charge in [0.1, 0.15) is 0 Å². The van der Waals surface area contributed by atoms with Crippen LogP contribution in [0.25, 0.3) is 0 Å². The highest BCUT2D eigenvalue weighted by Gasteiger charge is 2.16. The van der Waals surface area contributed by atoms with Gasteiger partial charge in [-0.2, -0.15) is 0 Å². The van der Waals surface area contributed by atoms with Crippen molar-refractivity contribution >= 4 is 24.2 Å². The summed E-state index contributed by atoms with van der Waals surface area (Å²) in [4.78, 5) is 1.22. The standard InChI is InChI=1S/C14H23NOS.ClH/c1-10(2)4-9-13(16)14(15)11-5-7-12(17-3)8-6-11;/h5-8,10,13-14,16H,4,9,15H2,1-3H3;1H/t13-,14+;/m0./s1. The average Bonchev–Trinajstić information content (AvgIpc) is 2.35. The van der Waals surface area contributed by atoms with Crippen LogP contribution in [0.2, 0.25) is 0 Å². The first-order valence-electron chi connectivity index (χ1n) is 6.12. The van der Waals surface area contributed by atoms with Crippen molar-refractivity contribution in [1.82, 2.24) is 0 Å². The van der Waals surface area contributed by atoms with Gasteiger partial charge in [0.2, 0.25) is 0 Å². The van der Waals surface area contributed by atoms with E-state index in [2.05, 4.69) is 26.0 Å². The van der Waals surface area contributed by atoms with Gasteiger partial charge in [0, 0.05) is 4.90 Å². The SMILES string of the molecule is CSc1ccc([C@@H](N)[C@@H](O)CCC(C)C)cc1.Cl. The van der Waals surface area contributed by atoms with Crippen LogP contribution in [0.4, 0.5) is 0 Å². The molecule has 0 saturated heterocycles. The van der Waals surface area contributed by atoms with Gasteiger partial charge in [0.15, 0.2) is 0 Å². The summed E-state index contributed by atoms with van der Waals surface area (Å²) in [6.07, 6.45) is 3.38. The van der Waals surface area contributed by atoms with Crippen molar-refractivity contribution < 1.29 is 5.11 Å². The number of hydrogen-bond acceptors (Lipinski definition) is 3. The molecular formula is C14H24ClNOS. The quantitative estimate of drug-likeness (QED) is 0.786. The second kappa shape index (κ2) is 8.81. The summed E-state index contributed by atoms with van der Waals surface area (Å²) in [5.74, 6) is 0.607. The van der Waals surface area contributed by atoms with Crippen LogP contribution in [0.1, 0.15) is 38.3 Å². The van der Waals surface area contributed by atoms with Gasteiger partial charge in [-0.1, -0.05) is 26.0 Å². The summed E-state index contributed by atoms with van der Waals surface area (Å²) < 4.78 is 0. The van der Waals surface area contributed by atoms with E-state index in [0.29, 0.717) is 5.92 Å². The van der Waals surface area contributed by atoms with Gasteiger partial charge in [-0.3, -0.25) is 0 Å². The molecule has 0 heterocycles. The van der Waals surface area contributed by atoms with Crippen molar-refractivity contribution in [3.63, 3.8) is 0 Å². The lowest BCUT2D eigenvalue weighted by atomic mass is 9.96. The molecule has 0 bridgehead atoms. The lowest BCUT2D eigenvalue weighted by Gasteiger charge is -2.20. The third-order valence-electron chi connectivity index (χ3n) is 2.96. The molecule has 0 aliphatic carbocycles. The molecule has 1 rings (SSSR count). The molecule has 0 amide bonds. The van der Waals surface area contributed by atoms with Gasteiger partial charge in [-0.05, 0) is 42.7 Å². The number of aliphatic hydroxyl groups excluding tert-OH is 1. The highest BCUT2D eigenvalue weighted by atomic mass is 35.5. The van der Waals surface area contributed by atoms with Crippen LogP contribution in [0.3, 0.4) is 0 Å². The first-order valence-corrected chi connectivity index (χ1v) is 7.34. The maximum Gasteiger partial charge on any atom is 0.0732 e. The van der Waals surface area contributed by atoms with Crippen molar-refractivity contribution in [3.8, 4) is 0 Å². The maximum atomic E-state index is 10.0. The molecule has 0 fully saturated rings. The number of rotatable bonds is 6. The smallest absolute Gasteiger partial charge is 0.0732 e. The largest absolute Gasteiger partial charge is 0.391 e. The number of thioether (sulfide) groups is 1. The Morgan fingerprint density at radius 2 is 1.72 bits per heavy atom. The fourth-order valence-electron chi connectivity index (χ4n) is 1.73. The molecule has 0 aliphatic rings. The summed E-state index contributed by atoms with van der Waals surface area (Å²) in [5, 5.41) is 10.0. The summed E-state index contributed by atoms with van der Waals surface area (Å²) in [7, 11) is 0. The van der Waals surface area contributed by atoms with Crippen LogP contribution in [0.15, 0.2) is 29.2 Å². The Bertz CT molecular complexity index is 329. The normalized spacial score (nSPS) is 14.1. The lowest BCUT2D eigenvalue weighted by Crippen LogP contribution is -2.26. The number of hydrogen-bond donors (Lipinski definition) is 2. The molecule has 1 aromatic rings. The predicted octanol–water partition coefficient (Wildman–Crippen LogP) is 3.63. The molecule has 104 valence electrons. The summed E-state index contributed by atoms with van der Waals surface area (Å²) in [6.45, 7) is 4.32. The Hall–Kier alpha value is -0.220. The Labute approximate surface area is 121 Å². The zero-order chi connectivity index (χ0) is 12.8. The second-order valence-corrected chi connectivity index (χ2v) is 5.72. The van der Waals surface area contributed by atoms with Crippen LogP contribution >= 0.6 is 24.2 Å². The molecule has 2 nitrogen and oxygen atoms in total. The van der Waals surface area contributed by atoms with Gasteiger partial charge in [0.25, 0.3) is 0 Å². The number of aliphatic hydroxyl groups is 1. The van der Waals surface area contributed by atoms with Gasteiger partial charge in [-0.15, -0.1) is 24.2 Å². The molecule has 4 heteroatoms. The summed E-state index contributed by atoms with van der Waals surface area (Å²) >= 11 is 1.71. The molecule has 0 unspecified atom stereocenters. The van der Waals surface area contributed by atoms with Gasteiger partial charge in [-0.25, -0.2) is 0 Å². The fraction of sp³-hybridized carbons (Fsp3) is 0.571. The van der Waals surface area contributed by atoms with E-state index in [1.165, 1.54) is 4.90 Å². The van der Waals surface area contributed by atoms with Gasteiger partial charge < -0.3 is 10.8 Å². The van der Waals surface area contributed by atoms with Crippen molar-refractivity contribution in [2.45, 2.75) is 43.7 Å². The van der Waals surface area contributed by atoms with Crippen molar-refractivity contribution in [2.75, 3.05) is 6.26 Å². The molecule has 3 N–H and O–H groups in total. The van der Waals surface area contributed by atoms with E-state index >= 15 is 0 Å². The number of benzene rings is 1. The minimum Gasteiger partial charge on any atom is -0.391 e. The van der Waals surface area contributed by atoms with Crippen LogP contribution in [-0.4, -0.2) is 17.5 Å². The molecule has 0 aliphatic heterocycles. The van der Waals surface area contributed by atoms with Crippen LogP contribution in [-0.2, 0) is 0 Å². The molecule has 0 aromatic heterocycles. The van der Waals surface area contributed by atoms with E-state index in [0.717, 1.165) is 18.4 Å². The first-order chi connectivity index (χ1) is 8.04. The Kier molecular flexibility index (Phi) is 8.70. The molecule has 0 radical (unpaired) electrons. The van der Waals surface area contributed by atoms with Crippen molar-refractivity contribution in [1.29, 1.82) is 0 Å². The van der Waals surface area contributed by atoms with E-state index in [1.54, 1.807) is 11.8 Å². The lowest BCUT2D eigenvalue weighted by molar-refractivity contribution is 0.128. The molecular weight excluding hydrogens is 266 g/mol. The Morgan fingerprint density at radius 1 is 1.17 bits per heavy atom. The van der Waals surface area contributed by atoms with E-state index < -0.39 is 6.10 Å². The first kappa shape index (κ1) is 17.8. The van der Waals surface area contributed by atoms with Gasteiger partial charge >= 0.3 is 0 Å². The van der Waals surface area contributed by atoms with Crippen LogP contribution in [0, 0.1) is 5.92 Å². The third-order valence-corrected chi connectivity index (χ3v) is 3.70. The number of nitrogens with two attached hydrogens (primary N) is 1. The monoisotopic (exact) mass is 289 g/mol. The topological polar surface area (TPSA) is 46.2 Å². The Balaban J connectivity index is 0.00000289. The van der Waals surface area contributed by atoms with E-state index in [9.17, 15) is 5.11 Å². The Morgan fingerprint density at radius 3 is 2.17 bits per heavy atom. The fourth-order valence-corrected chi connectivity index (χ4v) is 2.14. The highest BCUT2D eigenvalue weighted by Crippen LogP contribution is 2.22. The highest BCUT2D eigenvalue weighted by molar-refractivity contribution is 7.98. The zero-order valence-corrected chi connectivity index (χ0v) is 12.9. The summed E-state index contributed by atoms with van der Waals surface area (Å²) in [5.41, 5.74) is 7.07. The van der Waals surface area contributed by atoms with Crippen molar-refractivity contribution in [2.24, 2.45) is 11.7 Å². The minimum absolute atomic E-state index is 0. The van der Waals surface area contributed by atoms with Gasteiger partial charge in [0.05, 0.1) is 12.1 Å². The minimum atomic E-state index is -0.447. The van der Waals surface area contributed by atoms with Crippen LogP contribution in [0.5, 0.6) is 0 Å². The average molecular weight is 290 g/mol. The van der Waals surface area contributed by atoms with Crippen LogP contribution < -0.4 is 5.73 Å². The second-order valence-electron chi connectivity index (χ2n) is 4.84. The molecule has 2 atom stereocenters. The zero-order valence-electron chi connectivity index (χ0n) is 11.3. The van der Waals surface area contributed by atoms with E-state index in [1.807, 2.05) is 18.4 Å². The molecule has 18 heavy (non-hydrogen) atoms.